The zero-order chi connectivity index (χ0) is 13.6. The van der Waals surface area contributed by atoms with Crippen LogP contribution < -0.4 is 10.6 Å². The summed E-state index contributed by atoms with van der Waals surface area (Å²) in [5.74, 6) is 1.04. The van der Waals surface area contributed by atoms with Crippen LogP contribution in [-0.2, 0) is 4.79 Å². The summed E-state index contributed by atoms with van der Waals surface area (Å²) >= 11 is 0. The van der Waals surface area contributed by atoms with Crippen molar-refractivity contribution in [3.8, 4) is 0 Å². The zero-order valence-electron chi connectivity index (χ0n) is 12.5. The fraction of sp³-hybridized carbons (Fsp3) is 0.938. The van der Waals surface area contributed by atoms with Gasteiger partial charge in [-0.3, -0.25) is 4.79 Å². The SMILES string of the molecule is CCCC1(C(=O)NCC2CCCCC2)CCCNC1. The Morgan fingerprint density at radius 2 is 2.05 bits per heavy atom. The normalized spacial score (nSPS) is 29.1. The van der Waals surface area contributed by atoms with E-state index in [0.29, 0.717) is 5.91 Å². The Kier molecular flexibility index (Phi) is 5.68. The number of piperidine rings is 1. The topological polar surface area (TPSA) is 41.1 Å². The second kappa shape index (κ2) is 7.28. The van der Waals surface area contributed by atoms with E-state index in [1.165, 1.54) is 32.1 Å². The van der Waals surface area contributed by atoms with Gasteiger partial charge in [-0.15, -0.1) is 0 Å². The van der Waals surface area contributed by atoms with Gasteiger partial charge in [0, 0.05) is 13.1 Å². The second-order valence-corrected chi connectivity index (χ2v) is 6.52. The van der Waals surface area contributed by atoms with Crippen molar-refractivity contribution in [2.24, 2.45) is 11.3 Å². The van der Waals surface area contributed by atoms with Gasteiger partial charge < -0.3 is 10.6 Å². The predicted octanol–water partition coefficient (Wildman–Crippen LogP) is 2.85. The van der Waals surface area contributed by atoms with E-state index < -0.39 is 0 Å². The minimum absolute atomic E-state index is 0.123. The monoisotopic (exact) mass is 266 g/mol. The van der Waals surface area contributed by atoms with Crippen LogP contribution in [0.2, 0.25) is 0 Å². The number of carbonyl (C=O) groups excluding carboxylic acids is 1. The predicted molar refractivity (Wildman–Crippen MR) is 79.0 cm³/mol. The largest absolute Gasteiger partial charge is 0.355 e. The van der Waals surface area contributed by atoms with Crippen LogP contribution in [0.15, 0.2) is 0 Å². The molecule has 1 saturated carbocycles. The van der Waals surface area contributed by atoms with Crippen molar-refractivity contribution in [3.05, 3.63) is 0 Å². The molecule has 0 aromatic rings. The number of rotatable bonds is 5. The van der Waals surface area contributed by atoms with Crippen molar-refractivity contribution in [1.29, 1.82) is 0 Å². The Morgan fingerprint density at radius 1 is 1.26 bits per heavy atom. The second-order valence-electron chi connectivity index (χ2n) is 6.52. The van der Waals surface area contributed by atoms with E-state index in [-0.39, 0.29) is 5.41 Å². The van der Waals surface area contributed by atoms with Crippen LogP contribution in [0.4, 0.5) is 0 Å². The maximum Gasteiger partial charge on any atom is 0.227 e. The summed E-state index contributed by atoms with van der Waals surface area (Å²) in [6, 6.07) is 0. The number of amides is 1. The fourth-order valence-corrected chi connectivity index (χ4v) is 3.78. The summed E-state index contributed by atoms with van der Waals surface area (Å²) in [6.45, 7) is 5.04. The van der Waals surface area contributed by atoms with E-state index in [4.69, 9.17) is 0 Å². The molecule has 0 radical (unpaired) electrons. The first-order valence-electron chi connectivity index (χ1n) is 8.26. The number of nitrogens with one attached hydrogen (secondary N) is 2. The van der Waals surface area contributed by atoms with E-state index >= 15 is 0 Å². The third-order valence-corrected chi connectivity index (χ3v) is 4.96. The third kappa shape index (κ3) is 3.95. The highest BCUT2D eigenvalue weighted by atomic mass is 16.2. The summed E-state index contributed by atoms with van der Waals surface area (Å²) in [4.78, 5) is 12.6. The summed E-state index contributed by atoms with van der Waals surface area (Å²) < 4.78 is 0. The van der Waals surface area contributed by atoms with Gasteiger partial charge in [-0.1, -0.05) is 32.6 Å². The van der Waals surface area contributed by atoms with E-state index in [1.807, 2.05) is 0 Å². The first kappa shape index (κ1) is 14.8. The lowest BCUT2D eigenvalue weighted by Crippen LogP contribution is -2.51. The van der Waals surface area contributed by atoms with Crippen LogP contribution in [0.1, 0.15) is 64.7 Å². The lowest BCUT2D eigenvalue weighted by Gasteiger charge is -2.36. The van der Waals surface area contributed by atoms with Crippen LogP contribution in [0.5, 0.6) is 0 Å². The molecule has 0 bridgehead atoms. The molecule has 1 heterocycles. The van der Waals surface area contributed by atoms with E-state index in [1.54, 1.807) is 0 Å². The molecule has 2 rings (SSSR count). The van der Waals surface area contributed by atoms with Gasteiger partial charge in [0.25, 0.3) is 0 Å². The van der Waals surface area contributed by atoms with E-state index in [0.717, 1.165) is 51.2 Å². The molecule has 0 aromatic heterocycles. The standard InChI is InChI=1S/C16H30N2O/c1-2-9-16(10-6-11-17-13-16)15(19)18-12-14-7-4-3-5-8-14/h14,17H,2-13H2,1H3,(H,18,19). The van der Waals surface area contributed by atoms with Crippen LogP contribution in [-0.4, -0.2) is 25.5 Å². The number of hydrogen-bond donors (Lipinski definition) is 2. The molecule has 1 saturated heterocycles. The number of carbonyl (C=O) groups is 1. The quantitative estimate of drug-likeness (QED) is 0.803. The molecule has 3 nitrogen and oxygen atoms in total. The van der Waals surface area contributed by atoms with Gasteiger partial charge in [0.1, 0.15) is 0 Å². The fourth-order valence-electron chi connectivity index (χ4n) is 3.78. The molecule has 1 atom stereocenters. The average Bonchev–Trinajstić information content (AvgIpc) is 2.47. The highest BCUT2D eigenvalue weighted by Gasteiger charge is 2.38. The Morgan fingerprint density at radius 3 is 2.68 bits per heavy atom. The summed E-state index contributed by atoms with van der Waals surface area (Å²) in [6.07, 6.45) is 11.0. The summed E-state index contributed by atoms with van der Waals surface area (Å²) in [5.41, 5.74) is -0.123. The molecule has 0 aromatic carbocycles. The minimum Gasteiger partial charge on any atom is -0.355 e. The summed E-state index contributed by atoms with van der Waals surface area (Å²) in [5, 5.41) is 6.69. The Hall–Kier alpha value is -0.570. The van der Waals surface area contributed by atoms with Crippen molar-refractivity contribution in [2.75, 3.05) is 19.6 Å². The third-order valence-electron chi connectivity index (χ3n) is 4.96. The maximum atomic E-state index is 12.6. The van der Waals surface area contributed by atoms with Crippen LogP contribution in [0.25, 0.3) is 0 Å². The van der Waals surface area contributed by atoms with Gasteiger partial charge in [0.15, 0.2) is 0 Å². The molecule has 2 N–H and O–H groups in total. The van der Waals surface area contributed by atoms with Crippen LogP contribution in [0.3, 0.4) is 0 Å². The summed E-state index contributed by atoms with van der Waals surface area (Å²) in [7, 11) is 0. The van der Waals surface area contributed by atoms with E-state index in [9.17, 15) is 4.79 Å². The van der Waals surface area contributed by atoms with Gasteiger partial charge in [-0.2, -0.15) is 0 Å². The Labute approximate surface area is 117 Å². The lowest BCUT2D eigenvalue weighted by atomic mass is 9.76. The highest BCUT2D eigenvalue weighted by Crippen LogP contribution is 2.32. The highest BCUT2D eigenvalue weighted by molar-refractivity contribution is 5.83. The van der Waals surface area contributed by atoms with Gasteiger partial charge >= 0.3 is 0 Å². The molecule has 0 spiro atoms. The van der Waals surface area contributed by atoms with Crippen molar-refractivity contribution in [2.45, 2.75) is 64.7 Å². The van der Waals surface area contributed by atoms with Crippen molar-refractivity contribution in [3.63, 3.8) is 0 Å². The number of hydrogen-bond acceptors (Lipinski definition) is 2. The molecule has 2 fully saturated rings. The Balaban J connectivity index is 1.84. The molecule has 2 aliphatic rings. The molecule has 1 aliphatic heterocycles. The minimum atomic E-state index is -0.123. The van der Waals surface area contributed by atoms with Gasteiger partial charge in [0.05, 0.1) is 5.41 Å². The molecular weight excluding hydrogens is 236 g/mol. The molecule has 19 heavy (non-hydrogen) atoms. The first-order chi connectivity index (χ1) is 9.27. The smallest absolute Gasteiger partial charge is 0.227 e. The van der Waals surface area contributed by atoms with Crippen molar-refractivity contribution >= 4 is 5.91 Å². The van der Waals surface area contributed by atoms with Crippen LogP contribution >= 0.6 is 0 Å². The average molecular weight is 266 g/mol. The lowest BCUT2D eigenvalue weighted by molar-refractivity contribution is -0.132. The molecule has 110 valence electrons. The van der Waals surface area contributed by atoms with Crippen molar-refractivity contribution < 1.29 is 4.79 Å². The van der Waals surface area contributed by atoms with Gasteiger partial charge in [-0.25, -0.2) is 0 Å². The molecule has 1 aliphatic carbocycles. The molecule has 3 heteroatoms. The molecule has 1 amide bonds. The van der Waals surface area contributed by atoms with Gasteiger partial charge in [-0.05, 0) is 44.6 Å². The van der Waals surface area contributed by atoms with E-state index in [2.05, 4.69) is 17.6 Å². The molecular formula is C16H30N2O. The van der Waals surface area contributed by atoms with Crippen molar-refractivity contribution in [1.82, 2.24) is 10.6 Å². The first-order valence-corrected chi connectivity index (χ1v) is 8.26. The van der Waals surface area contributed by atoms with Gasteiger partial charge in [0.2, 0.25) is 5.91 Å². The van der Waals surface area contributed by atoms with Crippen LogP contribution in [0, 0.1) is 11.3 Å². The maximum absolute atomic E-state index is 12.6. The Bertz CT molecular complexity index is 273. The zero-order valence-corrected chi connectivity index (χ0v) is 12.5. The molecule has 1 unspecified atom stereocenters.